The number of hydrogen-bond acceptors (Lipinski definition) is 4. The molecule has 116 valence electrons. The van der Waals surface area contributed by atoms with Crippen molar-refractivity contribution in [3.05, 3.63) is 29.3 Å². The second-order valence-electron chi connectivity index (χ2n) is 5.40. The van der Waals surface area contributed by atoms with Crippen molar-refractivity contribution in [2.24, 2.45) is 5.73 Å². The third kappa shape index (κ3) is 4.19. The zero-order valence-electron chi connectivity index (χ0n) is 12.7. The Morgan fingerprint density at radius 3 is 2.95 bits per heavy atom. The van der Waals surface area contributed by atoms with Gasteiger partial charge in [-0.15, -0.1) is 0 Å². The average molecular weight is 292 g/mol. The number of aryl methyl sites for hydroxylation is 1. The van der Waals surface area contributed by atoms with E-state index in [2.05, 4.69) is 11.4 Å². The van der Waals surface area contributed by atoms with Crippen LogP contribution in [0.4, 0.5) is 0 Å². The number of hydrogen-bond donors (Lipinski definition) is 2. The second kappa shape index (κ2) is 7.43. The molecule has 1 aliphatic rings. The quantitative estimate of drug-likeness (QED) is 0.825. The van der Waals surface area contributed by atoms with Crippen LogP contribution in [-0.4, -0.2) is 38.3 Å². The van der Waals surface area contributed by atoms with E-state index in [0.29, 0.717) is 13.1 Å². The van der Waals surface area contributed by atoms with Gasteiger partial charge in [0, 0.05) is 13.1 Å². The molecule has 1 aromatic rings. The predicted molar refractivity (Wildman–Crippen MR) is 81.4 cm³/mol. The Kier molecular flexibility index (Phi) is 5.59. The molecule has 5 heteroatoms. The Labute approximate surface area is 125 Å². The molecule has 1 aliphatic heterocycles. The number of carbonyl (C=O) groups excluding carboxylic acids is 1. The molecule has 1 fully saturated rings. The van der Waals surface area contributed by atoms with Gasteiger partial charge in [0.15, 0.2) is 0 Å². The minimum atomic E-state index is -0.342. The zero-order valence-corrected chi connectivity index (χ0v) is 12.7. The molecule has 1 amide bonds. The van der Waals surface area contributed by atoms with E-state index in [0.717, 1.165) is 36.1 Å². The fourth-order valence-corrected chi connectivity index (χ4v) is 2.54. The van der Waals surface area contributed by atoms with Crippen molar-refractivity contribution in [2.75, 3.05) is 20.2 Å². The van der Waals surface area contributed by atoms with Crippen LogP contribution >= 0.6 is 0 Å². The zero-order chi connectivity index (χ0) is 15.2. The van der Waals surface area contributed by atoms with Crippen molar-refractivity contribution in [1.82, 2.24) is 5.32 Å². The molecule has 0 bridgehead atoms. The predicted octanol–water partition coefficient (Wildman–Crippen LogP) is 1.17. The van der Waals surface area contributed by atoms with E-state index in [1.54, 1.807) is 7.11 Å². The lowest BCUT2D eigenvalue weighted by molar-refractivity contribution is -0.131. The summed E-state index contributed by atoms with van der Waals surface area (Å²) in [6.07, 6.45) is 2.08. The summed E-state index contributed by atoms with van der Waals surface area (Å²) >= 11 is 0. The van der Waals surface area contributed by atoms with Crippen LogP contribution in [0.1, 0.15) is 24.0 Å². The highest BCUT2D eigenvalue weighted by molar-refractivity contribution is 5.81. The van der Waals surface area contributed by atoms with Crippen molar-refractivity contribution in [2.45, 2.75) is 38.4 Å². The number of amides is 1. The van der Waals surface area contributed by atoms with Crippen LogP contribution in [0.15, 0.2) is 18.2 Å². The van der Waals surface area contributed by atoms with E-state index in [-0.39, 0.29) is 18.1 Å². The summed E-state index contributed by atoms with van der Waals surface area (Å²) in [6, 6.07) is 6.10. The highest BCUT2D eigenvalue weighted by Gasteiger charge is 2.29. The van der Waals surface area contributed by atoms with Gasteiger partial charge in [0.25, 0.3) is 0 Å². The standard InChI is InChI=1S/C16H24N2O3/c1-11-3-4-12(9-15(11)20-2)7-8-18-16(19)14-6-5-13(10-17)21-14/h3-4,9,13-14H,5-8,10,17H2,1-2H3,(H,18,19)/t13-,14+/m1/s1. The van der Waals surface area contributed by atoms with Gasteiger partial charge in [-0.1, -0.05) is 12.1 Å². The summed E-state index contributed by atoms with van der Waals surface area (Å²) in [5, 5.41) is 2.92. The summed E-state index contributed by atoms with van der Waals surface area (Å²) in [5.74, 6) is 0.841. The van der Waals surface area contributed by atoms with Crippen LogP contribution in [-0.2, 0) is 16.0 Å². The number of nitrogens with two attached hydrogens (primary N) is 1. The molecule has 0 aliphatic carbocycles. The minimum Gasteiger partial charge on any atom is -0.496 e. The van der Waals surface area contributed by atoms with Gasteiger partial charge in [-0.2, -0.15) is 0 Å². The maximum absolute atomic E-state index is 12.0. The molecule has 2 atom stereocenters. The van der Waals surface area contributed by atoms with Gasteiger partial charge in [-0.3, -0.25) is 4.79 Å². The molecule has 0 aromatic heterocycles. The Bertz CT molecular complexity index is 490. The monoisotopic (exact) mass is 292 g/mol. The number of nitrogens with one attached hydrogen (secondary N) is 1. The molecule has 0 spiro atoms. The third-order valence-corrected chi connectivity index (χ3v) is 3.85. The van der Waals surface area contributed by atoms with Crippen molar-refractivity contribution in [3.63, 3.8) is 0 Å². The number of benzene rings is 1. The topological polar surface area (TPSA) is 73.6 Å². The maximum atomic E-state index is 12.0. The first-order valence-corrected chi connectivity index (χ1v) is 7.40. The van der Waals surface area contributed by atoms with Crippen molar-refractivity contribution in [3.8, 4) is 5.75 Å². The van der Waals surface area contributed by atoms with Gasteiger partial charge in [0.2, 0.25) is 5.91 Å². The van der Waals surface area contributed by atoms with Crippen molar-refractivity contribution in [1.29, 1.82) is 0 Å². The Morgan fingerprint density at radius 1 is 1.48 bits per heavy atom. The summed E-state index contributed by atoms with van der Waals surface area (Å²) in [6.45, 7) is 3.08. The van der Waals surface area contributed by atoms with Crippen LogP contribution in [0.5, 0.6) is 5.75 Å². The van der Waals surface area contributed by atoms with Gasteiger partial charge >= 0.3 is 0 Å². The lowest BCUT2D eigenvalue weighted by atomic mass is 10.1. The molecular weight excluding hydrogens is 268 g/mol. The SMILES string of the molecule is COc1cc(CCNC(=O)[C@@H]2CC[C@H](CN)O2)ccc1C. The first-order chi connectivity index (χ1) is 10.1. The Morgan fingerprint density at radius 2 is 2.29 bits per heavy atom. The summed E-state index contributed by atoms with van der Waals surface area (Å²) in [5.41, 5.74) is 7.80. The van der Waals surface area contributed by atoms with Crippen LogP contribution in [0, 0.1) is 6.92 Å². The lowest BCUT2D eigenvalue weighted by Gasteiger charge is -2.13. The van der Waals surface area contributed by atoms with Crippen molar-refractivity contribution < 1.29 is 14.3 Å². The van der Waals surface area contributed by atoms with Crippen LogP contribution < -0.4 is 15.8 Å². The van der Waals surface area contributed by atoms with Gasteiger partial charge in [0.05, 0.1) is 13.2 Å². The molecule has 0 saturated carbocycles. The number of carbonyl (C=O) groups is 1. The molecule has 1 saturated heterocycles. The molecule has 0 radical (unpaired) electrons. The highest BCUT2D eigenvalue weighted by atomic mass is 16.5. The van der Waals surface area contributed by atoms with Gasteiger partial charge in [-0.05, 0) is 43.4 Å². The molecular formula is C16H24N2O3. The second-order valence-corrected chi connectivity index (χ2v) is 5.40. The van der Waals surface area contributed by atoms with E-state index in [1.807, 2.05) is 19.1 Å². The average Bonchev–Trinajstić information content (AvgIpc) is 2.98. The molecule has 3 N–H and O–H groups in total. The maximum Gasteiger partial charge on any atom is 0.249 e. The number of methoxy groups -OCH3 is 1. The summed E-state index contributed by atoms with van der Waals surface area (Å²) in [7, 11) is 1.67. The molecule has 2 rings (SSSR count). The van der Waals surface area contributed by atoms with E-state index in [9.17, 15) is 4.79 Å². The third-order valence-electron chi connectivity index (χ3n) is 3.85. The first-order valence-electron chi connectivity index (χ1n) is 7.40. The Hall–Kier alpha value is -1.59. The largest absolute Gasteiger partial charge is 0.496 e. The van der Waals surface area contributed by atoms with Crippen LogP contribution in [0.25, 0.3) is 0 Å². The van der Waals surface area contributed by atoms with E-state index in [4.69, 9.17) is 15.2 Å². The van der Waals surface area contributed by atoms with Crippen LogP contribution in [0.2, 0.25) is 0 Å². The van der Waals surface area contributed by atoms with Gasteiger partial charge < -0.3 is 20.5 Å². The molecule has 0 unspecified atom stereocenters. The number of rotatable bonds is 6. The molecule has 5 nitrogen and oxygen atoms in total. The normalized spacial score (nSPS) is 21.3. The summed E-state index contributed by atoms with van der Waals surface area (Å²) < 4.78 is 10.9. The van der Waals surface area contributed by atoms with Gasteiger partial charge in [0.1, 0.15) is 11.9 Å². The number of ether oxygens (including phenoxy) is 2. The lowest BCUT2D eigenvalue weighted by Crippen LogP contribution is -2.36. The Balaban J connectivity index is 1.78. The molecule has 21 heavy (non-hydrogen) atoms. The van der Waals surface area contributed by atoms with E-state index >= 15 is 0 Å². The first kappa shape index (κ1) is 15.8. The van der Waals surface area contributed by atoms with Gasteiger partial charge in [-0.25, -0.2) is 0 Å². The van der Waals surface area contributed by atoms with E-state index < -0.39 is 0 Å². The highest BCUT2D eigenvalue weighted by Crippen LogP contribution is 2.20. The minimum absolute atomic E-state index is 0.0297. The fraction of sp³-hybridized carbons (Fsp3) is 0.562. The van der Waals surface area contributed by atoms with Crippen molar-refractivity contribution >= 4 is 5.91 Å². The molecule has 1 heterocycles. The molecule has 1 aromatic carbocycles. The smallest absolute Gasteiger partial charge is 0.249 e. The van der Waals surface area contributed by atoms with E-state index in [1.165, 1.54) is 0 Å². The van der Waals surface area contributed by atoms with Crippen LogP contribution in [0.3, 0.4) is 0 Å². The fourth-order valence-electron chi connectivity index (χ4n) is 2.54. The summed E-state index contributed by atoms with van der Waals surface area (Å²) in [4.78, 5) is 12.0.